The molecule has 86 valence electrons. The van der Waals surface area contributed by atoms with E-state index in [-0.39, 0.29) is 17.1 Å². The van der Waals surface area contributed by atoms with Gasteiger partial charge in [-0.25, -0.2) is 0 Å². The van der Waals surface area contributed by atoms with E-state index < -0.39 is 4.92 Å². The van der Waals surface area contributed by atoms with Gasteiger partial charge in [-0.2, -0.15) is 0 Å². The number of rotatable bonds is 1. The lowest BCUT2D eigenvalue weighted by Gasteiger charge is -1.95. The predicted octanol–water partition coefficient (Wildman–Crippen LogP) is 2.94. The normalized spacial score (nSPS) is 7.73. The Hall–Kier alpha value is -1.78. The summed E-state index contributed by atoms with van der Waals surface area (Å²) < 4.78 is 0. The summed E-state index contributed by atoms with van der Waals surface area (Å²) in [6.45, 7) is 8.00. The van der Waals surface area contributed by atoms with Crippen LogP contribution in [-0.2, 0) is 0 Å². The number of phenolic OH excluding ortho intramolecular Hbond substituents is 1. The molecule has 0 unspecified atom stereocenters. The monoisotopic (exact) mass is 214 g/mol. The molecule has 0 bridgehead atoms. The third-order valence-electron chi connectivity index (χ3n) is 1.21. The molecule has 3 N–H and O–H groups in total. The fourth-order valence-electron chi connectivity index (χ4n) is 0.690. The van der Waals surface area contributed by atoms with Crippen LogP contribution in [0.25, 0.3) is 0 Å². The van der Waals surface area contributed by atoms with Gasteiger partial charge in [-0.05, 0) is 12.1 Å². The zero-order chi connectivity index (χ0) is 12.4. The molecule has 0 aliphatic rings. The van der Waals surface area contributed by atoms with Gasteiger partial charge in [0.05, 0.1) is 11.0 Å². The van der Waals surface area contributed by atoms with Gasteiger partial charge in [0.15, 0.2) is 0 Å². The molecule has 0 heterocycles. The zero-order valence-corrected chi connectivity index (χ0v) is 9.52. The maximum absolute atomic E-state index is 10.2. The average molecular weight is 214 g/mol. The molecule has 0 fully saturated rings. The summed E-state index contributed by atoms with van der Waals surface area (Å²) in [6.07, 6.45) is 0. The summed E-state index contributed by atoms with van der Waals surface area (Å²) >= 11 is 0. The van der Waals surface area contributed by atoms with Crippen LogP contribution < -0.4 is 5.73 Å². The second-order valence-electron chi connectivity index (χ2n) is 2.00. The van der Waals surface area contributed by atoms with Crippen LogP contribution in [-0.4, -0.2) is 10.0 Å². The van der Waals surface area contributed by atoms with Crippen molar-refractivity contribution in [1.29, 1.82) is 0 Å². The Morgan fingerprint density at radius 2 is 1.73 bits per heavy atom. The molecule has 0 aliphatic carbocycles. The number of hydrogen-bond acceptors (Lipinski definition) is 4. The first-order chi connectivity index (χ1) is 7.11. The van der Waals surface area contributed by atoms with Crippen molar-refractivity contribution in [2.45, 2.75) is 27.7 Å². The van der Waals surface area contributed by atoms with E-state index in [0.29, 0.717) is 0 Å². The number of nitrogen functional groups attached to an aromatic ring is 1. The topological polar surface area (TPSA) is 89.4 Å². The molecule has 0 radical (unpaired) electrons. The van der Waals surface area contributed by atoms with Crippen LogP contribution in [0.4, 0.5) is 11.4 Å². The molecule has 1 aromatic carbocycles. The van der Waals surface area contributed by atoms with E-state index in [4.69, 9.17) is 10.8 Å². The van der Waals surface area contributed by atoms with E-state index in [0.717, 1.165) is 6.07 Å². The van der Waals surface area contributed by atoms with Crippen LogP contribution in [0.5, 0.6) is 5.75 Å². The highest BCUT2D eigenvalue weighted by molar-refractivity contribution is 5.60. The number of hydrogen-bond donors (Lipinski definition) is 2. The van der Waals surface area contributed by atoms with E-state index in [2.05, 4.69) is 0 Å². The van der Waals surface area contributed by atoms with Gasteiger partial charge in [0.25, 0.3) is 5.69 Å². The second kappa shape index (κ2) is 8.80. The Labute approximate surface area is 89.7 Å². The van der Waals surface area contributed by atoms with Gasteiger partial charge in [0.2, 0.25) is 0 Å². The summed E-state index contributed by atoms with van der Waals surface area (Å²) in [4.78, 5) is 9.54. The van der Waals surface area contributed by atoms with Crippen LogP contribution in [0, 0.1) is 10.1 Å². The van der Waals surface area contributed by atoms with Crippen LogP contribution in [0.1, 0.15) is 27.7 Å². The minimum Gasteiger partial charge on any atom is -0.508 e. The molecule has 5 nitrogen and oxygen atoms in total. The number of nitro benzene ring substituents is 1. The lowest BCUT2D eigenvalue weighted by Crippen LogP contribution is -1.94. The Morgan fingerprint density at radius 3 is 2.07 bits per heavy atom. The molecule has 5 heteroatoms. The maximum Gasteiger partial charge on any atom is 0.295 e. The highest BCUT2D eigenvalue weighted by Gasteiger charge is 2.10. The highest BCUT2D eigenvalue weighted by atomic mass is 16.6. The van der Waals surface area contributed by atoms with E-state index >= 15 is 0 Å². The lowest BCUT2D eigenvalue weighted by molar-refractivity contribution is -0.384. The predicted molar refractivity (Wildman–Crippen MR) is 61.9 cm³/mol. The molecule has 0 spiro atoms. The van der Waals surface area contributed by atoms with Crippen molar-refractivity contribution in [2.75, 3.05) is 5.73 Å². The second-order valence-corrected chi connectivity index (χ2v) is 2.00. The van der Waals surface area contributed by atoms with Crippen LogP contribution in [0.3, 0.4) is 0 Å². The number of phenols is 1. The smallest absolute Gasteiger partial charge is 0.295 e. The first kappa shape index (κ1) is 15.7. The summed E-state index contributed by atoms with van der Waals surface area (Å²) in [5, 5.41) is 19.0. The maximum atomic E-state index is 10.2. The molecular weight excluding hydrogens is 196 g/mol. The van der Waals surface area contributed by atoms with E-state index in [1.807, 2.05) is 27.7 Å². The first-order valence-corrected chi connectivity index (χ1v) is 4.84. The van der Waals surface area contributed by atoms with E-state index in [1.165, 1.54) is 12.1 Å². The Morgan fingerprint density at radius 1 is 1.27 bits per heavy atom. The number of nitrogens with zero attached hydrogens (tertiary/aromatic N) is 1. The Bertz CT molecular complexity index is 301. The Balaban J connectivity index is 0. The fourth-order valence-corrected chi connectivity index (χ4v) is 0.690. The highest BCUT2D eigenvalue weighted by Crippen LogP contribution is 2.24. The number of nitro groups is 1. The molecule has 0 aliphatic heterocycles. The first-order valence-electron chi connectivity index (χ1n) is 4.84. The summed E-state index contributed by atoms with van der Waals surface area (Å²) in [7, 11) is 0. The number of aromatic hydroxyl groups is 1. The van der Waals surface area contributed by atoms with Gasteiger partial charge >= 0.3 is 0 Å². The third-order valence-corrected chi connectivity index (χ3v) is 1.21. The average Bonchev–Trinajstić information content (AvgIpc) is 2.27. The molecule has 0 aromatic heterocycles. The van der Waals surface area contributed by atoms with Crippen molar-refractivity contribution in [3.8, 4) is 5.75 Å². The molecule has 15 heavy (non-hydrogen) atoms. The van der Waals surface area contributed by atoms with Gasteiger partial charge in [-0.1, -0.05) is 27.7 Å². The van der Waals surface area contributed by atoms with Gasteiger partial charge in [0, 0.05) is 0 Å². The third kappa shape index (κ3) is 5.51. The number of benzene rings is 1. The Kier molecular flexibility index (Phi) is 9.20. The lowest BCUT2D eigenvalue weighted by atomic mass is 10.2. The summed E-state index contributed by atoms with van der Waals surface area (Å²) in [6, 6.07) is 3.59. The van der Waals surface area contributed by atoms with Crippen LogP contribution in [0.2, 0.25) is 0 Å². The van der Waals surface area contributed by atoms with E-state index in [9.17, 15) is 10.1 Å². The minimum atomic E-state index is -0.644. The van der Waals surface area contributed by atoms with Crippen LogP contribution in [0.15, 0.2) is 18.2 Å². The summed E-state index contributed by atoms with van der Waals surface area (Å²) in [5.41, 5.74) is 5.01. The molecule has 1 rings (SSSR count). The van der Waals surface area contributed by atoms with Gasteiger partial charge < -0.3 is 10.8 Å². The quantitative estimate of drug-likeness (QED) is 0.325. The molecular formula is C10H18N2O3. The van der Waals surface area contributed by atoms with Gasteiger partial charge in [-0.3, -0.25) is 10.1 Å². The van der Waals surface area contributed by atoms with E-state index in [1.54, 1.807) is 0 Å². The van der Waals surface area contributed by atoms with Crippen molar-refractivity contribution >= 4 is 11.4 Å². The molecule has 0 saturated heterocycles. The fraction of sp³-hybridized carbons (Fsp3) is 0.400. The molecule has 0 saturated carbocycles. The molecule has 0 amide bonds. The van der Waals surface area contributed by atoms with Crippen molar-refractivity contribution in [2.24, 2.45) is 0 Å². The largest absolute Gasteiger partial charge is 0.508 e. The van der Waals surface area contributed by atoms with Crippen molar-refractivity contribution in [3.63, 3.8) is 0 Å². The standard InChI is InChI=1S/C6H6N2O3.2C2H6/c7-5-2-1-4(9)3-6(5)8(10)11;2*1-2/h1-3,9H,7H2;2*1-2H3. The molecule has 0 atom stereocenters. The number of anilines is 1. The number of nitrogens with two attached hydrogens (primary N) is 1. The van der Waals surface area contributed by atoms with Gasteiger partial charge in [-0.15, -0.1) is 0 Å². The van der Waals surface area contributed by atoms with Crippen molar-refractivity contribution < 1.29 is 10.0 Å². The SMILES string of the molecule is CC.CC.Nc1ccc(O)cc1[N+](=O)[O-]. The van der Waals surface area contributed by atoms with Crippen molar-refractivity contribution in [1.82, 2.24) is 0 Å². The summed E-state index contributed by atoms with van der Waals surface area (Å²) in [5.74, 6) is -0.161. The minimum absolute atomic E-state index is 0.0489. The zero-order valence-electron chi connectivity index (χ0n) is 9.52. The van der Waals surface area contributed by atoms with Gasteiger partial charge in [0.1, 0.15) is 11.4 Å². The van der Waals surface area contributed by atoms with Crippen molar-refractivity contribution in [3.05, 3.63) is 28.3 Å². The van der Waals surface area contributed by atoms with Crippen LogP contribution >= 0.6 is 0 Å². The molecule has 1 aromatic rings.